The van der Waals surface area contributed by atoms with Gasteiger partial charge in [-0.1, -0.05) is 5.16 Å². The van der Waals surface area contributed by atoms with Crippen molar-refractivity contribution in [2.75, 3.05) is 58.4 Å². The molecule has 10 nitrogen and oxygen atoms in total. The van der Waals surface area contributed by atoms with Crippen LogP contribution in [0.1, 0.15) is 0 Å². The molecule has 0 aliphatic carbocycles. The molecule has 27 heavy (non-hydrogen) atoms. The van der Waals surface area contributed by atoms with Crippen LogP contribution in [0.3, 0.4) is 0 Å². The van der Waals surface area contributed by atoms with E-state index in [-0.39, 0.29) is 6.03 Å². The second-order valence-electron chi connectivity index (χ2n) is 5.96. The number of rotatable bonds is 5. The maximum absolute atomic E-state index is 12.4. The molecule has 3 amide bonds. The number of hydrogen-bond acceptors (Lipinski definition) is 7. The molecule has 0 saturated carbocycles. The number of ether oxygens (including phenoxy) is 2. The smallest absolute Gasteiger partial charge is 0.410 e. The summed E-state index contributed by atoms with van der Waals surface area (Å²) < 4.78 is 15.8. The van der Waals surface area contributed by atoms with Gasteiger partial charge in [0.1, 0.15) is 5.75 Å². The van der Waals surface area contributed by atoms with E-state index in [1.165, 1.54) is 7.05 Å². The van der Waals surface area contributed by atoms with E-state index in [9.17, 15) is 9.59 Å². The van der Waals surface area contributed by atoms with Gasteiger partial charge in [-0.2, -0.15) is 0 Å². The Labute approximate surface area is 156 Å². The first-order chi connectivity index (χ1) is 13.1. The van der Waals surface area contributed by atoms with Gasteiger partial charge in [-0.05, 0) is 12.1 Å². The zero-order valence-corrected chi connectivity index (χ0v) is 15.4. The highest BCUT2D eigenvalue weighted by Gasteiger charge is 2.23. The van der Waals surface area contributed by atoms with Gasteiger partial charge in [-0.3, -0.25) is 9.80 Å². The van der Waals surface area contributed by atoms with Gasteiger partial charge in [0.2, 0.25) is 0 Å². The van der Waals surface area contributed by atoms with E-state index in [0.717, 1.165) is 13.1 Å². The minimum atomic E-state index is -0.577. The van der Waals surface area contributed by atoms with Gasteiger partial charge in [0.15, 0.2) is 11.4 Å². The summed E-state index contributed by atoms with van der Waals surface area (Å²) in [6.45, 7) is 4.21. The fourth-order valence-corrected chi connectivity index (χ4v) is 2.83. The van der Waals surface area contributed by atoms with Gasteiger partial charge in [-0.25, -0.2) is 9.59 Å². The number of benzene rings is 1. The number of carbonyl (C=O) groups excluding carboxylic acids is 2. The van der Waals surface area contributed by atoms with Crippen molar-refractivity contribution >= 4 is 28.9 Å². The number of hydrogen-bond donors (Lipinski definition) is 2. The summed E-state index contributed by atoms with van der Waals surface area (Å²) in [6, 6.07) is 4.63. The molecular weight excluding hydrogens is 354 g/mol. The van der Waals surface area contributed by atoms with Crippen molar-refractivity contribution < 1.29 is 23.6 Å². The molecule has 1 fully saturated rings. The van der Waals surface area contributed by atoms with Crippen LogP contribution in [-0.2, 0) is 4.74 Å². The lowest BCUT2D eigenvalue weighted by Gasteiger charge is -2.29. The van der Waals surface area contributed by atoms with Crippen molar-refractivity contribution in [1.29, 1.82) is 0 Å². The molecule has 2 N–H and O–H groups in total. The predicted molar refractivity (Wildman–Crippen MR) is 98.2 cm³/mol. The van der Waals surface area contributed by atoms with E-state index in [2.05, 4.69) is 20.7 Å². The first kappa shape index (κ1) is 18.9. The van der Waals surface area contributed by atoms with E-state index in [0.29, 0.717) is 48.8 Å². The molecule has 2 aromatic rings. The van der Waals surface area contributed by atoms with E-state index >= 15 is 0 Å². The van der Waals surface area contributed by atoms with E-state index < -0.39 is 6.09 Å². The molecule has 0 spiro atoms. The number of morpholine rings is 1. The Bertz CT molecular complexity index is 802. The molecule has 1 aliphatic heterocycles. The van der Waals surface area contributed by atoms with Crippen molar-refractivity contribution in [3.63, 3.8) is 0 Å². The summed E-state index contributed by atoms with van der Waals surface area (Å²) >= 11 is 0. The van der Waals surface area contributed by atoms with Gasteiger partial charge in [0.25, 0.3) is 0 Å². The standard InChI is InChI=1S/C17H23N5O5/c1-18-16(23)22(6-5-21-7-9-25-10-8-21)15-13-4-3-12(26-17(24)19-2)11-14(13)27-20-15/h3-4,11H,5-10H2,1-2H3,(H,18,23)(H,19,24). The molecule has 1 aliphatic rings. The summed E-state index contributed by atoms with van der Waals surface area (Å²) in [5.41, 5.74) is 0.423. The molecule has 0 atom stereocenters. The summed E-state index contributed by atoms with van der Waals surface area (Å²) in [5, 5.41) is 9.73. The average molecular weight is 377 g/mol. The Balaban J connectivity index is 1.79. The number of anilines is 1. The Morgan fingerprint density at radius 3 is 2.74 bits per heavy atom. The van der Waals surface area contributed by atoms with Crippen LogP contribution in [0.15, 0.2) is 22.7 Å². The second-order valence-corrected chi connectivity index (χ2v) is 5.96. The Hall–Kier alpha value is -2.85. The highest BCUT2D eigenvalue weighted by Crippen LogP contribution is 2.29. The molecule has 3 rings (SSSR count). The van der Waals surface area contributed by atoms with E-state index in [1.54, 1.807) is 30.1 Å². The lowest BCUT2D eigenvalue weighted by atomic mass is 10.2. The van der Waals surface area contributed by atoms with Crippen molar-refractivity contribution in [1.82, 2.24) is 20.7 Å². The van der Waals surface area contributed by atoms with Crippen LogP contribution in [0, 0.1) is 0 Å². The SMILES string of the molecule is CNC(=O)Oc1ccc2c(N(CCN3CCOCC3)C(=O)NC)noc2c1. The minimum absolute atomic E-state index is 0.274. The monoisotopic (exact) mass is 377 g/mol. The number of carbonyl (C=O) groups is 2. The van der Waals surface area contributed by atoms with Crippen LogP contribution in [0.25, 0.3) is 11.0 Å². The zero-order chi connectivity index (χ0) is 19.2. The van der Waals surface area contributed by atoms with Crippen LogP contribution >= 0.6 is 0 Å². The number of aromatic nitrogens is 1. The minimum Gasteiger partial charge on any atom is -0.410 e. The van der Waals surface area contributed by atoms with Gasteiger partial charge in [0.05, 0.1) is 18.6 Å². The van der Waals surface area contributed by atoms with Gasteiger partial charge >= 0.3 is 12.1 Å². The quantitative estimate of drug-likeness (QED) is 0.801. The molecular formula is C17H23N5O5. The van der Waals surface area contributed by atoms with Crippen LogP contribution in [0.5, 0.6) is 5.75 Å². The van der Waals surface area contributed by atoms with Crippen molar-refractivity contribution in [2.24, 2.45) is 0 Å². The number of nitrogens with one attached hydrogen (secondary N) is 2. The number of fused-ring (bicyclic) bond motifs is 1. The fourth-order valence-electron chi connectivity index (χ4n) is 2.83. The molecule has 0 unspecified atom stereocenters. The molecule has 1 aromatic heterocycles. The van der Waals surface area contributed by atoms with Gasteiger partial charge < -0.3 is 24.6 Å². The number of nitrogens with zero attached hydrogens (tertiary/aromatic N) is 3. The lowest BCUT2D eigenvalue weighted by Crippen LogP contribution is -2.45. The van der Waals surface area contributed by atoms with Gasteiger partial charge in [0, 0.05) is 46.3 Å². The highest BCUT2D eigenvalue weighted by atomic mass is 16.6. The number of amides is 3. The molecule has 1 saturated heterocycles. The summed E-state index contributed by atoms with van der Waals surface area (Å²) in [7, 11) is 3.05. The van der Waals surface area contributed by atoms with Crippen molar-refractivity contribution in [3.05, 3.63) is 18.2 Å². The maximum atomic E-state index is 12.4. The third-order valence-corrected chi connectivity index (χ3v) is 4.30. The first-order valence-corrected chi connectivity index (χ1v) is 8.70. The third-order valence-electron chi connectivity index (χ3n) is 4.30. The van der Waals surface area contributed by atoms with Gasteiger partial charge in [-0.15, -0.1) is 0 Å². The molecule has 0 bridgehead atoms. The number of urea groups is 1. The molecule has 2 heterocycles. The molecule has 146 valence electrons. The predicted octanol–water partition coefficient (Wildman–Crippen LogP) is 1.02. The maximum Gasteiger partial charge on any atom is 0.412 e. The summed E-state index contributed by atoms with van der Waals surface area (Å²) in [6.07, 6.45) is -0.577. The van der Waals surface area contributed by atoms with Crippen LogP contribution in [-0.4, -0.2) is 75.7 Å². The van der Waals surface area contributed by atoms with Crippen molar-refractivity contribution in [2.45, 2.75) is 0 Å². The summed E-state index contributed by atoms with van der Waals surface area (Å²) in [4.78, 5) is 27.5. The summed E-state index contributed by atoms with van der Waals surface area (Å²) in [5.74, 6) is 0.744. The van der Waals surface area contributed by atoms with E-state index in [4.69, 9.17) is 14.0 Å². The normalized spacial score (nSPS) is 14.7. The fraction of sp³-hybridized carbons (Fsp3) is 0.471. The molecule has 0 radical (unpaired) electrons. The topological polar surface area (TPSA) is 109 Å². The van der Waals surface area contributed by atoms with Crippen molar-refractivity contribution in [3.8, 4) is 5.75 Å². The molecule has 1 aromatic carbocycles. The largest absolute Gasteiger partial charge is 0.412 e. The van der Waals surface area contributed by atoms with Crippen LogP contribution < -0.4 is 20.3 Å². The highest BCUT2D eigenvalue weighted by molar-refractivity contribution is 6.00. The first-order valence-electron chi connectivity index (χ1n) is 8.70. The Kier molecular flexibility index (Phi) is 6.09. The third kappa shape index (κ3) is 4.47. The Morgan fingerprint density at radius 2 is 2.04 bits per heavy atom. The van der Waals surface area contributed by atoms with Crippen LogP contribution in [0.2, 0.25) is 0 Å². The zero-order valence-electron chi connectivity index (χ0n) is 15.4. The Morgan fingerprint density at radius 1 is 1.26 bits per heavy atom. The second kappa shape index (κ2) is 8.69. The molecule has 10 heteroatoms. The lowest BCUT2D eigenvalue weighted by molar-refractivity contribution is 0.0393. The van der Waals surface area contributed by atoms with Crippen LogP contribution in [0.4, 0.5) is 15.4 Å². The average Bonchev–Trinajstić information content (AvgIpc) is 3.11. The van der Waals surface area contributed by atoms with E-state index in [1.807, 2.05) is 0 Å².